The van der Waals surface area contributed by atoms with Gasteiger partial charge in [-0.05, 0) is 24.1 Å². The number of hydrogen-bond donors (Lipinski definition) is 1. The van der Waals surface area contributed by atoms with Crippen LogP contribution in [-0.2, 0) is 0 Å². The molecule has 138 valence electrons. The van der Waals surface area contributed by atoms with Crippen LogP contribution in [0.4, 0.5) is 11.4 Å². The van der Waals surface area contributed by atoms with Crippen molar-refractivity contribution in [1.29, 1.82) is 0 Å². The van der Waals surface area contributed by atoms with Gasteiger partial charge >= 0.3 is 0 Å². The minimum absolute atomic E-state index is 0.0550. The summed E-state index contributed by atoms with van der Waals surface area (Å²) < 4.78 is 5.81. The Kier molecular flexibility index (Phi) is 5.30. The van der Waals surface area contributed by atoms with Crippen molar-refractivity contribution in [2.24, 2.45) is 5.92 Å². The second-order valence-electron chi connectivity index (χ2n) is 6.46. The lowest BCUT2D eigenvalue weighted by Crippen LogP contribution is -2.15. The van der Waals surface area contributed by atoms with Crippen molar-refractivity contribution in [3.05, 3.63) is 70.4 Å². The number of ether oxygens (including phenoxy) is 1. The van der Waals surface area contributed by atoms with Crippen molar-refractivity contribution in [1.82, 2.24) is 4.98 Å². The number of nitro groups is 1. The predicted octanol–water partition coefficient (Wildman–Crippen LogP) is 4.43. The van der Waals surface area contributed by atoms with Crippen molar-refractivity contribution in [2.45, 2.75) is 13.8 Å². The van der Waals surface area contributed by atoms with Crippen LogP contribution in [0.1, 0.15) is 24.3 Å². The molecule has 7 nitrogen and oxygen atoms in total. The number of hydrogen-bond acceptors (Lipinski definition) is 5. The average molecular weight is 365 g/mol. The maximum atomic E-state index is 12.6. The Labute approximate surface area is 156 Å². The van der Waals surface area contributed by atoms with Crippen molar-refractivity contribution in [2.75, 3.05) is 11.9 Å². The number of pyridine rings is 1. The van der Waals surface area contributed by atoms with E-state index in [9.17, 15) is 14.9 Å². The third kappa shape index (κ3) is 4.20. The molecule has 1 amide bonds. The molecule has 0 aliphatic carbocycles. The first-order valence-corrected chi connectivity index (χ1v) is 8.53. The molecule has 1 aromatic heterocycles. The first-order valence-electron chi connectivity index (χ1n) is 8.53. The van der Waals surface area contributed by atoms with Gasteiger partial charge in [-0.2, -0.15) is 0 Å². The highest BCUT2D eigenvalue weighted by Gasteiger charge is 2.20. The van der Waals surface area contributed by atoms with Gasteiger partial charge in [0, 0.05) is 23.2 Å². The van der Waals surface area contributed by atoms with Gasteiger partial charge in [0.25, 0.3) is 11.6 Å². The Morgan fingerprint density at radius 2 is 1.93 bits per heavy atom. The van der Waals surface area contributed by atoms with Crippen LogP contribution in [0.5, 0.6) is 5.75 Å². The molecule has 0 fully saturated rings. The van der Waals surface area contributed by atoms with Gasteiger partial charge in [0.05, 0.1) is 11.5 Å². The monoisotopic (exact) mass is 365 g/mol. The molecule has 7 heteroatoms. The molecule has 1 N–H and O–H groups in total. The highest BCUT2D eigenvalue weighted by Crippen LogP contribution is 2.32. The minimum atomic E-state index is -0.513. The molecule has 0 saturated carbocycles. The summed E-state index contributed by atoms with van der Waals surface area (Å²) in [5.41, 5.74) is 0.620. The normalized spacial score (nSPS) is 10.8. The maximum Gasteiger partial charge on any atom is 0.295 e. The summed E-state index contributed by atoms with van der Waals surface area (Å²) in [6.07, 6.45) is 0. The van der Waals surface area contributed by atoms with E-state index in [1.165, 1.54) is 12.1 Å². The van der Waals surface area contributed by atoms with E-state index in [0.29, 0.717) is 23.4 Å². The number of fused-ring (bicyclic) bond motifs is 1. The quantitative estimate of drug-likeness (QED) is 0.515. The lowest BCUT2D eigenvalue weighted by molar-refractivity contribution is -0.383. The summed E-state index contributed by atoms with van der Waals surface area (Å²) in [6, 6.07) is 15.1. The number of nitro benzene ring substituents is 1. The summed E-state index contributed by atoms with van der Waals surface area (Å²) in [5, 5.41) is 14.6. The molecule has 0 saturated heterocycles. The first kappa shape index (κ1) is 18.3. The number of anilines is 1. The minimum Gasteiger partial charge on any atom is -0.493 e. The van der Waals surface area contributed by atoms with E-state index >= 15 is 0 Å². The molecule has 0 aliphatic heterocycles. The van der Waals surface area contributed by atoms with E-state index in [4.69, 9.17) is 4.74 Å². The smallest absolute Gasteiger partial charge is 0.295 e. The highest BCUT2D eigenvalue weighted by molar-refractivity contribution is 6.05. The second kappa shape index (κ2) is 7.82. The van der Waals surface area contributed by atoms with Crippen LogP contribution in [-0.4, -0.2) is 22.4 Å². The van der Waals surface area contributed by atoms with E-state index in [1.807, 2.05) is 19.9 Å². The molecule has 3 rings (SSSR count). The van der Waals surface area contributed by atoms with Gasteiger partial charge in [-0.1, -0.05) is 38.1 Å². The van der Waals surface area contributed by atoms with E-state index in [1.54, 1.807) is 36.4 Å². The fraction of sp³-hybridized carbons (Fsp3) is 0.200. The summed E-state index contributed by atoms with van der Waals surface area (Å²) in [5.74, 6) is 0.194. The van der Waals surface area contributed by atoms with Crippen LogP contribution in [0.2, 0.25) is 0 Å². The summed E-state index contributed by atoms with van der Waals surface area (Å²) in [7, 11) is 0. The molecule has 0 unspecified atom stereocenters. The average Bonchev–Trinajstić information content (AvgIpc) is 2.65. The van der Waals surface area contributed by atoms with Crippen molar-refractivity contribution in [3.8, 4) is 5.75 Å². The standard InChI is InChI=1S/C20H19N3O4/c1-13(2)12-27-18-11-16(20(24)21-14-7-4-3-5-8-14)22-19-15(18)9-6-10-17(19)23(25)26/h3-11,13H,12H2,1-2H3,(H,21,24). The van der Waals surface area contributed by atoms with E-state index in [2.05, 4.69) is 10.3 Å². The fourth-order valence-electron chi connectivity index (χ4n) is 2.56. The fourth-order valence-corrected chi connectivity index (χ4v) is 2.56. The summed E-state index contributed by atoms with van der Waals surface area (Å²) >= 11 is 0. The number of amides is 1. The Morgan fingerprint density at radius 1 is 1.19 bits per heavy atom. The molecule has 0 radical (unpaired) electrons. The Hall–Kier alpha value is -3.48. The second-order valence-corrected chi connectivity index (χ2v) is 6.46. The summed E-state index contributed by atoms with van der Waals surface area (Å²) in [6.45, 7) is 4.41. The molecule has 0 spiro atoms. The number of nitrogens with one attached hydrogen (secondary N) is 1. The van der Waals surface area contributed by atoms with Gasteiger partial charge in [-0.3, -0.25) is 14.9 Å². The third-order valence-corrected chi connectivity index (χ3v) is 3.81. The zero-order valence-corrected chi connectivity index (χ0v) is 15.0. The lowest BCUT2D eigenvalue weighted by atomic mass is 10.1. The number of para-hydroxylation sites is 2. The van der Waals surface area contributed by atoms with Crippen molar-refractivity contribution >= 4 is 28.2 Å². The molecule has 0 atom stereocenters. The maximum absolute atomic E-state index is 12.6. The van der Waals surface area contributed by atoms with Gasteiger partial charge in [-0.25, -0.2) is 4.98 Å². The molecular formula is C20H19N3O4. The number of aromatic nitrogens is 1. The molecule has 0 bridgehead atoms. The number of carbonyl (C=O) groups excluding carboxylic acids is 1. The lowest BCUT2D eigenvalue weighted by Gasteiger charge is -2.13. The molecule has 0 aliphatic rings. The van der Waals surface area contributed by atoms with E-state index in [0.717, 1.165) is 0 Å². The number of carbonyl (C=O) groups is 1. The van der Waals surface area contributed by atoms with Crippen LogP contribution in [0.25, 0.3) is 10.9 Å². The first-order chi connectivity index (χ1) is 13.0. The third-order valence-electron chi connectivity index (χ3n) is 3.81. The van der Waals surface area contributed by atoms with Crippen molar-refractivity contribution < 1.29 is 14.5 Å². The Balaban J connectivity index is 2.07. The molecule has 27 heavy (non-hydrogen) atoms. The van der Waals surface area contributed by atoms with Gasteiger partial charge in [0.1, 0.15) is 11.4 Å². The largest absolute Gasteiger partial charge is 0.493 e. The van der Waals surface area contributed by atoms with Crippen LogP contribution in [0.3, 0.4) is 0 Å². The summed E-state index contributed by atoms with van der Waals surface area (Å²) in [4.78, 5) is 27.8. The molecular weight excluding hydrogens is 346 g/mol. The Bertz CT molecular complexity index is 987. The van der Waals surface area contributed by atoms with Crippen LogP contribution in [0, 0.1) is 16.0 Å². The highest BCUT2D eigenvalue weighted by atomic mass is 16.6. The van der Waals surface area contributed by atoms with Gasteiger partial charge < -0.3 is 10.1 Å². The topological polar surface area (TPSA) is 94.4 Å². The zero-order valence-electron chi connectivity index (χ0n) is 15.0. The van der Waals surface area contributed by atoms with Crippen LogP contribution >= 0.6 is 0 Å². The number of nitrogens with zero attached hydrogens (tertiary/aromatic N) is 2. The molecule has 3 aromatic rings. The number of rotatable bonds is 6. The van der Waals surface area contributed by atoms with E-state index < -0.39 is 10.8 Å². The van der Waals surface area contributed by atoms with Gasteiger partial charge in [0.15, 0.2) is 5.52 Å². The van der Waals surface area contributed by atoms with Gasteiger partial charge in [-0.15, -0.1) is 0 Å². The SMILES string of the molecule is CC(C)COc1cc(C(=O)Nc2ccccc2)nc2c([N+](=O)[O-])cccc12. The Morgan fingerprint density at radius 3 is 2.59 bits per heavy atom. The predicted molar refractivity (Wildman–Crippen MR) is 103 cm³/mol. The zero-order chi connectivity index (χ0) is 19.4. The number of non-ortho nitro benzene ring substituents is 1. The van der Waals surface area contributed by atoms with Crippen molar-refractivity contribution in [3.63, 3.8) is 0 Å². The molecule has 1 heterocycles. The van der Waals surface area contributed by atoms with Gasteiger partial charge in [0.2, 0.25) is 0 Å². The number of benzene rings is 2. The van der Waals surface area contributed by atoms with Crippen LogP contribution in [0.15, 0.2) is 54.6 Å². The van der Waals surface area contributed by atoms with Crippen LogP contribution < -0.4 is 10.1 Å². The molecule has 2 aromatic carbocycles. The van der Waals surface area contributed by atoms with E-state index in [-0.39, 0.29) is 22.8 Å².